The third kappa shape index (κ3) is 5.06. The zero-order chi connectivity index (χ0) is 18.6. The second-order valence-electron chi connectivity index (χ2n) is 7.87. The molecule has 0 aromatic heterocycles. The summed E-state index contributed by atoms with van der Waals surface area (Å²) in [4.78, 5) is 12.7. The van der Waals surface area contributed by atoms with E-state index in [1.54, 1.807) is 6.08 Å². The average Bonchev–Trinajstić information content (AvgIpc) is 3.22. The zero-order valence-corrected chi connectivity index (χ0v) is 16.8. The van der Waals surface area contributed by atoms with Crippen LogP contribution in [0.3, 0.4) is 0 Å². The van der Waals surface area contributed by atoms with E-state index in [2.05, 4.69) is 39.0 Å². The van der Waals surface area contributed by atoms with Crippen LogP contribution < -0.4 is 0 Å². The Morgan fingerprint density at radius 2 is 1.73 bits per heavy atom. The molecule has 0 atom stereocenters. The maximum absolute atomic E-state index is 12.7. The van der Waals surface area contributed by atoms with Crippen molar-refractivity contribution in [3.63, 3.8) is 0 Å². The molecule has 3 rings (SSSR count). The van der Waals surface area contributed by atoms with E-state index < -0.39 is 0 Å². The van der Waals surface area contributed by atoms with Crippen LogP contribution in [-0.4, -0.2) is 5.78 Å². The molecule has 0 spiro atoms. The molecule has 0 N–H and O–H groups in total. The monoisotopic (exact) mass is 386 g/mol. The van der Waals surface area contributed by atoms with Gasteiger partial charge < -0.3 is 0 Å². The van der Waals surface area contributed by atoms with Gasteiger partial charge in [0, 0.05) is 0 Å². The van der Waals surface area contributed by atoms with Gasteiger partial charge >= 0.3 is 163 Å². The Labute approximate surface area is 163 Å². The molecule has 0 amide bonds. The first kappa shape index (κ1) is 18.9. The molecular weight excluding hydrogens is 360 g/mol. The van der Waals surface area contributed by atoms with Crippen molar-refractivity contribution in [2.24, 2.45) is 5.41 Å². The summed E-state index contributed by atoms with van der Waals surface area (Å²) in [6, 6.07) is 9.98. The third-order valence-electron chi connectivity index (χ3n) is 4.24. The van der Waals surface area contributed by atoms with Gasteiger partial charge in [0.15, 0.2) is 0 Å². The van der Waals surface area contributed by atoms with Crippen LogP contribution in [0, 0.1) is 5.41 Å². The molecule has 2 aliphatic rings. The van der Waals surface area contributed by atoms with Crippen LogP contribution in [0.5, 0.6) is 0 Å². The predicted molar refractivity (Wildman–Crippen MR) is 106 cm³/mol. The van der Waals surface area contributed by atoms with Gasteiger partial charge in [0.1, 0.15) is 0 Å². The Morgan fingerprint density at radius 3 is 2.46 bits per heavy atom. The number of allylic oxidation sites excluding steroid dienone is 9. The molecule has 2 aliphatic carbocycles. The van der Waals surface area contributed by atoms with Gasteiger partial charge in [-0.15, -0.1) is 0 Å². The van der Waals surface area contributed by atoms with Crippen molar-refractivity contribution in [1.82, 2.24) is 0 Å². The van der Waals surface area contributed by atoms with Crippen LogP contribution in [0.15, 0.2) is 80.8 Å². The van der Waals surface area contributed by atoms with Gasteiger partial charge in [-0.1, -0.05) is 0 Å². The normalized spacial score (nSPS) is 17.3. The van der Waals surface area contributed by atoms with Gasteiger partial charge in [0.05, 0.1) is 0 Å². The number of hydrogen-bond acceptors (Lipinski definition) is 1. The number of carbonyl (C=O) groups excluding carboxylic acids is 1. The Hall–Kier alpha value is -1.89. The van der Waals surface area contributed by atoms with E-state index in [1.807, 2.05) is 42.5 Å². The molecule has 0 fully saturated rings. The summed E-state index contributed by atoms with van der Waals surface area (Å²) in [5.41, 5.74) is 3.68. The quantitative estimate of drug-likeness (QED) is 0.419. The van der Waals surface area contributed by atoms with E-state index in [4.69, 9.17) is 0 Å². The standard InChI is InChI=1S/C14H11O.C10H15.Fe/c15-14(13-8-4-5-9-13)11-10-12-6-2-1-3-7-12;1-10(2,3)8-9-6-4-5-7-9;/h1-4,6-8,10-11H,5H2;4,6H,5,8H2,1-3H3;/b11-10+;;. The number of benzene rings is 1. The fourth-order valence-corrected chi connectivity index (χ4v) is 4.70. The van der Waals surface area contributed by atoms with Crippen LogP contribution in [0.4, 0.5) is 0 Å². The van der Waals surface area contributed by atoms with Crippen LogP contribution in [0.25, 0.3) is 6.08 Å². The Balaban J connectivity index is 1.75. The fraction of sp³-hybridized carbons (Fsp3) is 0.292. The summed E-state index contributed by atoms with van der Waals surface area (Å²) in [6.45, 7) is 6.84. The third-order valence-corrected chi connectivity index (χ3v) is 6.01. The Morgan fingerprint density at radius 1 is 1.04 bits per heavy atom. The first-order valence-corrected chi connectivity index (χ1v) is 10.2. The van der Waals surface area contributed by atoms with Gasteiger partial charge in [-0.3, -0.25) is 0 Å². The predicted octanol–water partition coefficient (Wildman–Crippen LogP) is 6.22. The van der Waals surface area contributed by atoms with Gasteiger partial charge in [-0.2, -0.15) is 0 Å². The van der Waals surface area contributed by atoms with Crippen molar-refractivity contribution in [3.05, 3.63) is 86.4 Å². The summed E-state index contributed by atoms with van der Waals surface area (Å²) in [7, 11) is 0. The molecule has 1 aromatic carbocycles. The second-order valence-corrected chi connectivity index (χ2v) is 9.48. The van der Waals surface area contributed by atoms with E-state index in [0.717, 1.165) is 45.4 Å². The molecule has 26 heavy (non-hydrogen) atoms. The van der Waals surface area contributed by atoms with E-state index in [0.29, 0.717) is 0 Å². The summed E-state index contributed by atoms with van der Waals surface area (Å²) in [5, 5.41) is 0. The molecule has 2 heteroatoms. The molecule has 0 radical (unpaired) electrons. The molecule has 0 saturated carbocycles. The van der Waals surface area contributed by atoms with Gasteiger partial charge in [-0.25, -0.2) is 0 Å². The number of carbonyl (C=O) groups is 1. The molecular formula is C24H26FeO. The van der Waals surface area contributed by atoms with E-state index in [1.165, 1.54) is 14.5 Å². The van der Waals surface area contributed by atoms with Crippen molar-refractivity contribution in [2.75, 3.05) is 0 Å². The molecule has 0 bridgehead atoms. The minimum atomic E-state index is 0.113. The first-order valence-electron chi connectivity index (χ1n) is 9.10. The van der Waals surface area contributed by atoms with Crippen LogP contribution >= 0.6 is 0 Å². The van der Waals surface area contributed by atoms with Crippen molar-refractivity contribution < 1.29 is 19.8 Å². The number of hydrogen-bond donors (Lipinski definition) is 0. The minimum absolute atomic E-state index is 0.113. The summed E-state index contributed by atoms with van der Waals surface area (Å²) in [6.07, 6.45) is 15.3. The number of rotatable bonds is 6. The SMILES string of the molecule is CC(C)(C)CC1=[C]([Fe][C]2=C(C(=O)/C=C/c3ccccc3)C=CC2)CC=C1. The molecule has 1 aromatic rings. The first-order chi connectivity index (χ1) is 12.4. The van der Waals surface area contributed by atoms with E-state index >= 15 is 0 Å². The molecule has 0 heterocycles. The summed E-state index contributed by atoms with van der Waals surface area (Å²) in [5.74, 6) is 0.113. The van der Waals surface area contributed by atoms with E-state index in [9.17, 15) is 4.79 Å². The zero-order valence-electron chi connectivity index (χ0n) is 15.7. The Bertz CT molecular complexity index is 827. The topological polar surface area (TPSA) is 17.1 Å². The molecule has 136 valence electrons. The Kier molecular flexibility index (Phi) is 5.96. The summed E-state index contributed by atoms with van der Waals surface area (Å²) >= 11 is 0.922. The molecule has 0 aliphatic heterocycles. The van der Waals surface area contributed by atoms with Crippen molar-refractivity contribution in [2.45, 2.75) is 40.0 Å². The van der Waals surface area contributed by atoms with Crippen LogP contribution in [0.1, 0.15) is 45.6 Å². The van der Waals surface area contributed by atoms with Gasteiger partial charge in [0.2, 0.25) is 0 Å². The molecule has 0 unspecified atom stereocenters. The molecule has 0 saturated heterocycles. The van der Waals surface area contributed by atoms with Gasteiger partial charge in [-0.05, 0) is 0 Å². The second kappa shape index (κ2) is 8.20. The molecule has 1 nitrogen and oxygen atoms in total. The van der Waals surface area contributed by atoms with Crippen molar-refractivity contribution >= 4 is 11.9 Å². The van der Waals surface area contributed by atoms with E-state index in [-0.39, 0.29) is 11.2 Å². The van der Waals surface area contributed by atoms with Crippen molar-refractivity contribution in [1.29, 1.82) is 0 Å². The van der Waals surface area contributed by atoms with Gasteiger partial charge in [0.25, 0.3) is 0 Å². The maximum atomic E-state index is 12.7. The van der Waals surface area contributed by atoms with Crippen LogP contribution in [-0.2, 0) is 19.8 Å². The van der Waals surface area contributed by atoms with Crippen LogP contribution in [0.2, 0.25) is 0 Å². The van der Waals surface area contributed by atoms with Crippen molar-refractivity contribution in [3.8, 4) is 0 Å². The average molecular weight is 386 g/mol. The number of ketones is 1. The summed E-state index contributed by atoms with van der Waals surface area (Å²) < 4.78 is 2.74. The fourth-order valence-electron chi connectivity index (χ4n) is 3.06.